The molecule has 0 atom stereocenters. The summed E-state index contributed by atoms with van der Waals surface area (Å²) in [5.74, 6) is -0.318. The summed E-state index contributed by atoms with van der Waals surface area (Å²) in [5.41, 5.74) is 8.70. The summed E-state index contributed by atoms with van der Waals surface area (Å²) in [6.45, 7) is 6.69. The van der Waals surface area contributed by atoms with Gasteiger partial charge in [0, 0.05) is 11.1 Å². The molecule has 2 rings (SSSR count). The number of ether oxygens (including phenoxy) is 1. The molecule has 2 aromatic heterocycles. The Kier molecular flexibility index (Phi) is 9.05. The number of hydrogen-bond acceptors (Lipinski definition) is 5. The molecule has 0 unspecified atom stereocenters. The fraction of sp³-hybridized carbons (Fsp3) is 0.636. The minimum atomic E-state index is -0.318. The zero-order chi connectivity index (χ0) is 19.6. The number of nitrogen functional groups attached to an aromatic ring is 1. The number of anilines is 1. The van der Waals surface area contributed by atoms with Gasteiger partial charge in [0.2, 0.25) is 0 Å². The number of aromatic nitrogens is 1. The van der Waals surface area contributed by atoms with Crippen LogP contribution in [0.25, 0.3) is 10.2 Å². The third-order valence-electron chi connectivity index (χ3n) is 5.08. The second-order valence-corrected chi connectivity index (χ2v) is 8.41. The maximum Gasteiger partial charge on any atom is 0.350 e. The predicted octanol–water partition coefficient (Wildman–Crippen LogP) is 6.57. The van der Waals surface area contributed by atoms with E-state index < -0.39 is 0 Å². The van der Waals surface area contributed by atoms with Crippen molar-refractivity contribution in [2.45, 2.75) is 85.0 Å². The molecule has 0 aliphatic heterocycles. The van der Waals surface area contributed by atoms with E-state index in [4.69, 9.17) is 10.5 Å². The van der Waals surface area contributed by atoms with Crippen molar-refractivity contribution in [2.24, 2.45) is 0 Å². The molecular formula is C22H34N2O2S. The van der Waals surface area contributed by atoms with Crippen LogP contribution < -0.4 is 5.73 Å². The number of thiophene rings is 1. The van der Waals surface area contributed by atoms with Gasteiger partial charge in [-0.25, -0.2) is 9.78 Å². The lowest BCUT2D eigenvalue weighted by atomic mass is 10.1. The fourth-order valence-electron chi connectivity index (χ4n) is 3.20. The van der Waals surface area contributed by atoms with Gasteiger partial charge in [-0.3, -0.25) is 0 Å². The van der Waals surface area contributed by atoms with E-state index >= 15 is 0 Å². The number of esters is 1. The number of nitrogens with zero attached hydrogens (tertiary/aromatic N) is 1. The van der Waals surface area contributed by atoms with E-state index in [-0.39, 0.29) is 5.97 Å². The maximum absolute atomic E-state index is 12.3. The summed E-state index contributed by atoms with van der Waals surface area (Å²) in [6, 6.07) is 2.00. The second kappa shape index (κ2) is 11.3. The predicted molar refractivity (Wildman–Crippen MR) is 116 cm³/mol. The number of carbonyl (C=O) groups is 1. The smallest absolute Gasteiger partial charge is 0.350 e. The van der Waals surface area contributed by atoms with Gasteiger partial charge in [0.25, 0.3) is 0 Å². The largest absolute Gasteiger partial charge is 0.461 e. The van der Waals surface area contributed by atoms with Crippen LogP contribution in [0.2, 0.25) is 0 Å². The monoisotopic (exact) mass is 390 g/mol. The first-order chi connectivity index (χ1) is 13.0. The zero-order valence-corrected chi connectivity index (χ0v) is 17.9. The number of carbonyl (C=O) groups excluding carboxylic acids is 1. The van der Waals surface area contributed by atoms with Crippen molar-refractivity contribution in [3.8, 4) is 0 Å². The van der Waals surface area contributed by atoms with Gasteiger partial charge < -0.3 is 10.5 Å². The van der Waals surface area contributed by atoms with E-state index in [0.29, 0.717) is 17.2 Å². The highest BCUT2D eigenvalue weighted by Crippen LogP contribution is 2.34. The molecule has 0 saturated heterocycles. The van der Waals surface area contributed by atoms with Gasteiger partial charge in [-0.2, -0.15) is 0 Å². The van der Waals surface area contributed by atoms with Crippen molar-refractivity contribution >= 4 is 33.2 Å². The van der Waals surface area contributed by atoms with E-state index in [9.17, 15) is 4.79 Å². The Labute approximate surface area is 167 Å². The van der Waals surface area contributed by atoms with Crippen molar-refractivity contribution in [2.75, 3.05) is 12.3 Å². The minimum Gasteiger partial charge on any atom is -0.461 e. The third kappa shape index (κ3) is 6.49. The Bertz CT molecular complexity index is 739. The molecule has 0 amide bonds. The second-order valence-electron chi connectivity index (χ2n) is 7.41. The van der Waals surface area contributed by atoms with Gasteiger partial charge in [0.1, 0.15) is 9.71 Å². The Morgan fingerprint density at radius 2 is 1.63 bits per heavy atom. The molecule has 2 heterocycles. The van der Waals surface area contributed by atoms with Crippen LogP contribution in [0.3, 0.4) is 0 Å². The average molecular weight is 391 g/mol. The highest BCUT2D eigenvalue weighted by molar-refractivity contribution is 7.21. The molecule has 0 bridgehead atoms. The highest BCUT2D eigenvalue weighted by Gasteiger charge is 2.19. The summed E-state index contributed by atoms with van der Waals surface area (Å²) in [6.07, 6.45) is 12.6. The molecule has 0 saturated carbocycles. The quantitative estimate of drug-likeness (QED) is 0.329. The topological polar surface area (TPSA) is 65.2 Å². The number of pyridine rings is 1. The molecular weight excluding hydrogens is 356 g/mol. The molecule has 0 aliphatic rings. The van der Waals surface area contributed by atoms with E-state index in [1.165, 1.54) is 62.7 Å². The molecule has 0 aromatic carbocycles. The summed E-state index contributed by atoms with van der Waals surface area (Å²) < 4.78 is 5.43. The lowest BCUT2D eigenvalue weighted by Crippen LogP contribution is -2.06. The lowest BCUT2D eigenvalue weighted by Gasteiger charge is -2.04. The molecule has 0 radical (unpaired) electrons. The van der Waals surface area contributed by atoms with E-state index in [1.54, 1.807) is 0 Å². The molecule has 0 spiro atoms. The number of fused-ring (bicyclic) bond motifs is 1. The standard InChI is InChI=1S/C22H34N2O2S/c1-4-5-6-7-8-9-10-11-12-13-14-26-22(25)20-19(23)18-15-16(2)17(3)24-21(18)27-20/h15H,4-14,23H2,1-3H3. The van der Waals surface area contributed by atoms with E-state index in [0.717, 1.165) is 34.3 Å². The van der Waals surface area contributed by atoms with Crippen LogP contribution in [-0.4, -0.2) is 17.6 Å². The Hall–Kier alpha value is -1.62. The van der Waals surface area contributed by atoms with Gasteiger partial charge in [0.05, 0.1) is 12.3 Å². The van der Waals surface area contributed by atoms with Gasteiger partial charge >= 0.3 is 5.97 Å². The van der Waals surface area contributed by atoms with Gasteiger partial charge in [0.15, 0.2) is 0 Å². The van der Waals surface area contributed by atoms with Crippen LogP contribution >= 0.6 is 11.3 Å². The van der Waals surface area contributed by atoms with E-state index in [2.05, 4.69) is 11.9 Å². The Morgan fingerprint density at radius 3 is 2.26 bits per heavy atom. The van der Waals surface area contributed by atoms with Crippen LogP contribution in [0, 0.1) is 13.8 Å². The summed E-state index contributed by atoms with van der Waals surface area (Å²) in [5, 5.41) is 0.856. The number of nitrogens with two attached hydrogens (primary N) is 1. The summed E-state index contributed by atoms with van der Waals surface area (Å²) >= 11 is 1.33. The molecule has 5 heteroatoms. The van der Waals surface area contributed by atoms with Gasteiger partial charge in [-0.1, -0.05) is 64.7 Å². The Morgan fingerprint density at radius 1 is 1.04 bits per heavy atom. The number of rotatable bonds is 12. The first-order valence-electron chi connectivity index (χ1n) is 10.4. The highest BCUT2D eigenvalue weighted by atomic mass is 32.1. The van der Waals surface area contributed by atoms with Gasteiger partial charge in [-0.05, 0) is 31.9 Å². The molecule has 150 valence electrons. The molecule has 2 aromatic rings. The van der Waals surface area contributed by atoms with Crippen LogP contribution in [0.15, 0.2) is 6.07 Å². The first kappa shape index (κ1) is 21.7. The Balaban J connectivity index is 1.66. The normalized spacial score (nSPS) is 11.2. The molecule has 4 nitrogen and oxygen atoms in total. The van der Waals surface area contributed by atoms with Crippen LogP contribution in [0.5, 0.6) is 0 Å². The number of unbranched alkanes of at least 4 members (excludes halogenated alkanes) is 9. The maximum atomic E-state index is 12.3. The molecule has 0 aliphatic carbocycles. The third-order valence-corrected chi connectivity index (χ3v) is 6.18. The van der Waals surface area contributed by atoms with Gasteiger partial charge in [-0.15, -0.1) is 11.3 Å². The van der Waals surface area contributed by atoms with Crippen LogP contribution in [-0.2, 0) is 4.74 Å². The summed E-state index contributed by atoms with van der Waals surface area (Å²) in [4.78, 5) is 18.2. The van der Waals surface area contributed by atoms with Crippen molar-refractivity contribution in [3.63, 3.8) is 0 Å². The van der Waals surface area contributed by atoms with Crippen molar-refractivity contribution in [1.29, 1.82) is 0 Å². The van der Waals surface area contributed by atoms with Crippen molar-refractivity contribution in [3.05, 3.63) is 22.2 Å². The average Bonchev–Trinajstić information content (AvgIpc) is 2.96. The molecule has 0 fully saturated rings. The lowest BCUT2D eigenvalue weighted by molar-refractivity contribution is 0.0504. The SMILES string of the molecule is CCCCCCCCCCCCOC(=O)c1sc2nc(C)c(C)cc2c1N. The first-order valence-corrected chi connectivity index (χ1v) is 11.2. The summed E-state index contributed by atoms with van der Waals surface area (Å²) in [7, 11) is 0. The fourth-order valence-corrected chi connectivity index (χ4v) is 4.22. The van der Waals surface area contributed by atoms with Crippen molar-refractivity contribution < 1.29 is 9.53 Å². The number of hydrogen-bond donors (Lipinski definition) is 1. The minimum absolute atomic E-state index is 0.318. The zero-order valence-electron chi connectivity index (χ0n) is 17.1. The van der Waals surface area contributed by atoms with E-state index in [1.807, 2.05) is 19.9 Å². The number of aryl methyl sites for hydroxylation is 2. The van der Waals surface area contributed by atoms with Crippen molar-refractivity contribution in [1.82, 2.24) is 4.98 Å². The van der Waals surface area contributed by atoms with Crippen LogP contribution in [0.4, 0.5) is 5.69 Å². The molecule has 2 N–H and O–H groups in total. The van der Waals surface area contributed by atoms with Crippen LogP contribution in [0.1, 0.15) is 92.1 Å². The molecule has 27 heavy (non-hydrogen) atoms.